The van der Waals surface area contributed by atoms with Gasteiger partial charge in [-0.1, -0.05) is 72.8 Å². The van der Waals surface area contributed by atoms with Crippen LogP contribution in [-0.4, -0.2) is 11.2 Å². The molecule has 1 saturated carbocycles. The molecule has 0 radical (unpaired) electrons. The van der Waals surface area contributed by atoms with Crippen LogP contribution in [0.2, 0.25) is 0 Å². The molecule has 1 N–H and O–H groups in total. The van der Waals surface area contributed by atoms with Crippen LogP contribution in [0.3, 0.4) is 0 Å². The van der Waals surface area contributed by atoms with E-state index in [1.807, 2.05) is 0 Å². The molecule has 0 heterocycles. The summed E-state index contributed by atoms with van der Waals surface area (Å²) in [6.07, 6.45) is 3.96. The first-order valence-electron chi connectivity index (χ1n) is 10.4. The van der Waals surface area contributed by atoms with E-state index in [2.05, 4.69) is 89.8 Å². The van der Waals surface area contributed by atoms with E-state index >= 15 is 0 Å². The highest BCUT2D eigenvalue weighted by Crippen LogP contribution is 2.34. The van der Waals surface area contributed by atoms with Crippen molar-refractivity contribution in [3.05, 3.63) is 102 Å². The molecular weight excluding hydrogens is 342 g/mol. The summed E-state index contributed by atoms with van der Waals surface area (Å²) in [6.45, 7) is 1.79. The van der Waals surface area contributed by atoms with Crippen LogP contribution < -0.4 is 4.90 Å². The topological polar surface area (TPSA) is 23.5 Å². The second-order valence-electron chi connectivity index (χ2n) is 7.92. The van der Waals surface area contributed by atoms with E-state index in [0.717, 1.165) is 38.8 Å². The van der Waals surface area contributed by atoms with Gasteiger partial charge in [-0.25, -0.2) is 0 Å². The van der Waals surface area contributed by atoms with E-state index < -0.39 is 0 Å². The Morgan fingerprint density at radius 1 is 0.643 bits per heavy atom. The molecule has 1 fully saturated rings. The fourth-order valence-electron chi connectivity index (χ4n) is 4.21. The molecule has 0 amide bonds. The Labute approximate surface area is 168 Å². The van der Waals surface area contributed by atoms with Crippen molar-refractivity contribution in [3.63, 3.8) is 0 Å². The van der Waals surface area contributed by atoms with E-state index in [1.54, 1.807) is 0 Å². The highest BCUT2D eigenvalue weighted by molar-refractivity contribution is 5.49. The van der Waals surface area contributed by atoms with E-state index in [0.29, 0.717) is 5.92 Å². The lowest BCUT2D eigenvalue weighted by Crippen LogP contribution is -2.22. The van der Waals surface area contributed by atoms with Crippen molar-refractivity contribution >= 4 is 5.69 Å². The summed E-state index contributed by atoms with van der Waals surface area (Å²) in [5, 5.41) is 9.76. The maximum absolute atomic E-state index is 9.76. The van der Waals surface area contributed by atoms with Crippen LogP contribution in [0.25, 0.3) is 0 Å². The summed E-state index contributed by atoms with van der Waals surface area (Å²) >= 11 is 0. The number of aliphatic hydroxyl groups excluding tert-OH is 1. The normalized spacial score (nSPS) is 19.3. The minimum absolute atomic E-state index is 0.0947. The molecule has 2 heteroatoms. The molecule has 2 nitrogen and oxygen atoms in total. The molecule has 28 heavy (non-hydrogen) atoms. The smallest absolute Gasteiger partial charge is 0.0540 e. The number of hydrogen-bond donors (Lipinski definition) is 1. The van der Waals surface area contributed by atoms with Crippen LogP contribution in [0.4, 0.5) is 5.69 Å². The Morgan fingerprint density at radius 2 is 1.14 bits per heavy atom. The molecule has 0 saturated heterocycles. The molecule has 3 aromatic rings. The lowest BCUT2D eigenvalue weighted by Gasteiger charge is -2.28. The van der Waals surface area contributed by atoms with Gasteiger partial charge in [0.25, 0.3) is 0 Å². The minimum Gasteiger partial charge on any atom is -0.393 e. The zero-order valence-corrected chi connectivity index (χ0v) is 16.4. The summed E-state index contributed by atoms with van der Waals surface area (Å²) < 4.78 is 0. The first kappa shape index (κ1) is 18.8. The second-order valence-corrected chi connectivity index (χ2v) is 7.92. The van der Waals surface area contributed by atoms with Gasteiger partial charge >= 0.3 is 0 Å². The number of hydrogen-bond acceptors (Lipinski definition) is 2. The van der Waals surface area contributed by atoms with Gasteiger partial charge in [0.2, 0.25) is 0 Å². The SMILES string of the molecule is OC1CCC(c2ccc(N(Cc3ccccc3)Cc3ccccc3)cc2)CC1. The largest absolute Gasteiger partial charge is 0.393 e. The number of aliphatic hydroxyl groups is 1. The van der Waals surface area contributed by atoms with Crippen LogP contribution in [0.15, 0.2) is 84.9 Å². The number of benzene rings is 3. The maximum Gasteiger partial charge on any atom is 0.0540 e. The van der Waals surface area contributed by atoms with E-state index in [-0.39, 0.29) is 6.10 Å². The molecule has 0 aromatic heterocycles. The van der Waals surface area contributed by atoms with Crippen molar-refractivity contribution in [1.29, 1.82) is 0 Å². The fourth-order valence-corrected chi connectivity index (χ4v) is 4.21. The molecule has 0 bridgehead atoms. The summed E-state index contributed by atoms with van der Waals surface area (Å²) in [5.74, 6) is 0.592. The second kappa shape index (κ2) is 9.07. The Bertz CT molecular complexity index is 795. The quantitative estimate of drug-likeness (QED) is 0.582. The molecule has 3 aromatic carbocycles. The Hall–Kier alpha value is -2.58. The average Bonchev–Trinajstić information content (AvgIpc) is 2.75. The van der Waals surface area contributed by atoms with Gasteiger partial charge in [0, 0.05) is 18.8 Å². The number of nitrogens with zero attached hydrogens (tertiary/aromatic N) is 1. The minimum atomic E-state index is -0.0947. The van der Waals surface area contributed by atoms with Crippen LogP contribution in [0.5, 0.6) is 0 Å². The Balaban J connectivity index is 1.53. The van der Waals surface area contributed by atoms with Crippen LogP contribution in [-0.2, 0) is 13.1 Å². The molecular formula is C26H29NO. The van der Waals surface area contributed by atoms with Crippen LogP contribution >= 0.6 is 0 Å². The summed E-state index contributed by atoms with van der Waals surface area (Å²) in [7, 11) is 0. The van der Waals surface area contributed by atoms with Crippen molar-refractivity contribution in [2.24, 2.45) is 0 Å². The van der Waals surface area contributed by atoms with Gasteiger partial charge < -0.3 is 10.0 Å². The summed E-state index contributed by atoms with van der Waals surface area (Å²) in [5.41, 5.74) is 5.31. The van der Waals surface area contributed by atoms with Gasteiger partial charge in [0.15, 0.2) is 0 Å². The predicted octanol–water partition coefficient (Wildman–Crippen LogP) is 5.91. The van der Waals surface area contributed by atoms with Crippen molar-refractivity contribution < 1.29 is 5.11 Å². The van der Waals surface area contributed by atoms with E-state index in [1.165, 1.54) is 22.4 Å². The van der Waals surface area contributed by atoms with E-state index in [9.17, 15) is 5.11 Å². The van der Waals surface area contributed by atoms with Crippen molar-refractivity contribution in [1.82, 2.24) is 0 Å². The van der Waals surface area contributed by atoms with Gasteiger partial charge in [0.1, 0.15) is 0 Å². The maximum atomic E-state index is 9.76. The molecule has 0 atom stereocenters. The van der Waals surface area contributed by atoms with Crippen LogP contribution in [0.1, 0.15) is 48.3 Å². The summed E-state index contributed by atoms with van der Waals surface area (Å²) in [4.78, 5) is 2.44. The third kappa shape index (κ3) is 4.82. The Kier molecular flexibility index (Phi) is 6.08. The highest BCUT2D eigenvalue weighted by atomic mass is 16.3. The zero-order valence-electron chi connectivity index (χ0n) is 16.4. The van der Waals surface area contributed by atoms with Gasteiger partial charge in [-0.05, 0) is 60.4 Å². The molecule has 1 aliphatic rings. The first-order chi connectivity index (χ1) is 13.8. The van der Waals surface area contributed by atoms with E-state index in [4.69, 9.17) is 0 Å². The third-order valence-corrected chi connectivity index (χ3v) is 5.86. The molecule has 0 aliphatic heterocycles. The van der Waals surface area contributed by atoms with Crippen molar-refractivity contribution in [2.75, 3.05) is 4.90 Å². The average molecular weight is 372 g/mol. The number of anilines is 1. The monoisotopic (exact) mass is 371 g/mol. The van der Waals surface area contributed by atoms with Gasteiger partial charge in [-0.15, -0.1) is 0 Å². The van der Waals surface area contributed by atoms with Gasteiger partial charge in [-0.2, -0.15) is 0 Å². The number of rotatable bonds is 6. The lowest BCUT2D eigenvalue weighted by atomic mass is 9.83. The lowest BCUT2D eigenvalue weighted by molar-refractivity contribution is 0.122. The van der Waals surface area contributed by atoms with Crippen molar-refractivity contribution in [2.45, 2.75) is 50.8 Å². The summed E-state index contributed by atoms with van der Waals surface area (Å²) in [6, 6.07) is 30.5. The molecule has 0 unspecified atom stereocenters. The van der Waals surface area contributed by atoms with Gasteiger partial charge in [0.05, 0.1) is 6.10 Å². The standard InChI is InChI=1S/C26H29NO/c28-26-17-13-24(14-18-26)23-11-15-25(16-12-23)27(19-21-7-3-1-4-8-21)20-22-9-5-2-6-10-22/h1-12,15-16,24,26,28H,13-14,17-20H2. The van der Waals surface area contributed by atoms with Crippen molar-refractivity contribution in [3.8, 4) is 0 Å². The zero-order chi connectivity index (χ0) is 19.2. The Morgan fingerprint density at radius 3 is 1.64 bits per heavy atom. The highest BCUT2D eigenvalue weighted by Gasteiger charge is 2.21. The molecule has 0 spiro atoms. The third-order valence-electron chi connectivity index (χ3n) is 5.86. The first-order valence-corrected chi connectivity index (χ1v) is 10.4. The molecule has 144 valence electrons. The van der Waals surface area contributed by atoms with Crippen LogP contribution in [0, 0.1) is 0 Å². The predicted molar refractivity (Wildman–Crippen MR) is 116 cm³/mol. The molecule has 1 aliphatic carbocycles. The fraction of sp³-hybridized carbons (Fsp3) is 0.308. The molecule has 4 rings (SSSR count). The van der Waals surface area contributed by atoms with Gasteiger partial charge in [-0.3, -0.25) is 0 Å².